The van der Waals surface area contributed by atoms with Crippen LogP contribution in [0.15, 0.2) is 71.7 Å². The second-order valence-electron chi connectivity index (χ2n) is 6.20. The summed E-state index contributed by atoms with van der Waals surface area (Å²) < 4.78 is 0. The van der Waals surface area contributed by atoms with E-state index in [4.69, 9.17) is 5.11 Å². The van der Waals surface area contributed by atoms with Crippen LogP contribution >= 0.6 is 0 Å². The summed E-state index contributed by atoms with van der Waals surface area (Å²) in [6.07, 6.45) is 4.30. The first-order valence-corrected chi connectivity index (χ1v) is 8.74. The third-order valence-electron chi connectivity index (χ3n) is 4.22. The van der Waals surface area contributed by atoms with Crippen molar-refractivity contribution in [1.82, 2.24) is 0 Å². The highest BCUT2D eigenvalue weighted by Gasteiger charge is 2.07. The zero-order chi connectivity index (χ0) is 19.9. The summed E-state index contributed by atoms with van der Waals surface area (Å²) in [6, 6.07) is 17.9. The van der Waals surface area contributed by atoms with Gasteiger partial charge in [-0.25, -0.2) is 0 Å². The number of ketones is 2. The van der Waals surface area contributed by atoms with E-state index in [1.54, 1.807) is 36.4 Å². The lowest BCUT2D eigenvalue weighted by atomic mass is 10.1. The monoisotopic (exact) mass is 373 g/mol. The molecule has 0 fully saturated rings. The van der Waals surface area contributed by atoms with Gasteiger partial charge in [0.25, 0.3) is 0 Å². The molecule has 5 heteroatoms. The molecule has 0 radical (unpaired) electrons. The number of rotatable bonds is 7. The van der Waals surface area contributed by atoms with Gasteiger partial charge < -0.3 is 10.2 Å². The molecule has 0 aliphatic heterocycles. The maximum absolute atomic E-state index is 12.4. The summed E-state index contributed by atoms with van der Waals surface area (Å²) in [5.41, 5.74) is 1.70. The van der Waals surface area contributed by atoms with Gasteiger partial charge in [0, 0.05) is 22.7 Å². The predicted molar refractivity (Wildman–Crippen MR) is 110 cm³/mol. The smallest absolute Gasteiger partial charge is 0.184 e. The minimum atomic E-state index is -0.550. The second-order valence-corrected chi connectivity index (χ2v) is 6.20. The van der Waals surface area contributed by atoms with E-state index in [0.29, 0.717) is 16.7 Å². The van der Waals surface area contributed by atoms with Crippen molar-refractivity contribution in [2.75, 3.05) is 13.2 Å². The summed E-state index contributed by atoms with van der Waals surface area (Å²) >= 11 is 0. The van der Waals surface area contributed by atoms with Gasteiger partial charge in [-0.15, -0.1) is 0 Å². The molecule has 3 aromatic rings. The summed E-state index contributed by atoms with van der Waals surface area (Å²) in [5, 5.41) is 20.8. The number of aliphatic hydroxyl groups excluding tert-OH is 1. The van der Waals surface area contributed by atoms with Crippen molar-refractivity contribution in [2.45, 2.75) is 0 Å². The van der Waals surface area contributed by atoms with Crippen molar-refractivity contribution in [3.63, 3.8) is 0 Å². The standard InChI is InChI=1S/C23H19NO4/c25-15-20(26)11-8-16-4-3-6-18(12-16)22(27)14-24-13-19-10-9-17-5-1-2-7-21(17)23(19)28/h1-13,25,28H,14-15H2/b11-8+,24-13?. The first kappa shape index (κ1) is 19.2. The highest BCUT2D eigenvalue weighted by molar-refractivity contribution is 6.01. The van der Waals surface area contributed by atoms with Crippen molar-refractivity contribution < 1.29 is 19.8 Å². The summed E-state index contributed by atoms with van der Waals surface area (Å²) in [7, 11) is 0. The van der Waals surface area contributed by atoms with Crippen LogP contribution in [-0.2, 0) is 4.79 Å². The molecule has 0 atom stereocenters. The molecule has 0 aliphatic rings. The van der Waals surface area contributed by atoms with Gasteiger partial charge in [-0.3, -0.25) is 14.6 Å². The number of carbonyl (C=O) groups excluding carboxylic acids is 2. The number of aliphatic hydroxyl groups is 1. The van der Waals surface area contributed by atoms with Crippen molar-refractivity contribution in [3.8, 4) is 5.75 Å². The third kappa shape index (κ3) is 4.58. The number of aromatic hydroxyl groups is 1. The Kier molecular flexibility index (Phi) is 6.09. The van der Waals surface area contributed by atoms with Crippen molar-refractivity contribution in [1.29, 1.82) is 0 Å². The fourth-order valence-electron chi connectivity index (χ4n) is 2.75. The summed E-state index contributed by atoms with van der Waals surface area (Å²) in [4.78, 5) is 27.7. The van der Waals surface area contributed by atoms with Crippen molar-refractivity contribution in [3.05, 3.63) is 83.4 Å². The van der Waals surface area contributed by atoms with Gasteiger partial charge >= 0.3 is 0 Å². The molecule has 5 nitrogen and oxygen atoms in total. The SMILES string of the molecule is O=C(/C=C/c1cccc(C(=O)CN=Cc2ccc3ccccc3c2O)c1)CO. The van der Waals surface area contributed by atoms with Crippen LogP contribution in [0.2, 0.25) is 0 Å². The molecule has 140 valence electrons. The van der Waals surface area contributed by atoms with Gasteiger partial charge in [-0.1, -0.05) is 54.6 Å². The highest BCUT2D eigenvalue weighted by atomic mass is 16.3. The number of hydrogen-bond donors (Lipinski definition) is 2. The number of Topliss-reactive ketones (excluding diaryl/α,β-unsaturated/α-hetero) is 1. The third-order valence-corrected chi connectivity index (χ3v) is 4.22. The molecule has 0 heterocycles. The number of fused-ring (bicyclic) bond motifs is 1. The molecule has 0 bridgehead atoms. The summed E-state index contributed by atoms with van der Waals surface area (Å²) in [6.45, 7) is -0.611. The second kappa shape index (κ2) is 8.88. The van der Waals surface area contributed by atoms with Gasteiger partial charge in [0.2, 0.25) is 0 Å². The van der Waals surface area contributed by atoms with E-state index in [1.165, 1.54) is 12.3 Å². The molecule has 0 spiro atoms. The lowest BCUT2D eigenvalue weighted by molar-refractivity contribution is -0.117. The van der Waals surface area contributed by atoms with Crippen LogP contribution < -0.4 is 0 Å². The molecule has 0 aliphatic carbocycles. The Morgan fingerprint density at radius 3 is 2.64 bits per heavy atom. The number of carbonyl (C=O) groups is 2. The fraction of sp³-hybridized carbons (Fsp3) is 0.0870. The molecule has 0 unspecified atom stereocenters. The van der Waals surface area contributed by atoms with Crippen LogP contribution in [0.1, 0.15) is 21.5 Å². The van der Waals surface area contributed by atoms with E-state index in [2.05, 4.69) is 4.99 Å². The lowest BCUT2D eigenvalue weighted by Crippen LogP contribution is -2.04. The van der Waals surface area contributed by atoms with Gasteiger partial charge in [-0.05, 0) is 29.2 Å². The zero-order valence-corrected chi connectivity index (χ0v) is 15.1. The zero-order valence-electron chi connectivity index (χ0n) is 15.1. The van der Waals surface area contributed by atoms with E-state index in [-0.39, 0.29) is 18.1 Å². The van der Waals surface area contributed by atoms with E-state index in [0.717, 1.165) is 10.8 Å². The molecule has 3 rings (SSSR count). The lowest BCUT2D eigenvalue weighted by Gasteiger charge is -2.04. The molecule has 0 aromatic heterocycles. The largest absolute Gasteiger partial charge is 0.507 e. The Bertz CT molecular complexity index is 1080. The molecule has 3 aromatic carbocycles. The van der Waals surface area contributed by atoms with Crippen LogP contribution in [0.4, 0.5) is 0 Å². The minimum Gasteiger partial charge on any atom is -0.507 e. The van der Waals surface area contributed by atoms with Gasteiger partial charge in [0.1, 0.15) is 18.9 Å². The molecule has 28 heavy (non-hydrogen) atoms. The van der Waals surface area contributed by atoms with E-state index >= 15 is 0 Å². The maximum atomic E-state index is 12.4. The van der Waals surface area contributed by atoms with Crippen LogP contribution in [-0.4, -0.2) is 41.1 Å². The van der Waals surface area contributed by atoms with E-state index in [1.807, 2.05) is 30.3 Å². The van der Waals surface area contributed by atoms with Crippen molar-refractivity contribution >= 4 is 34.6 Å². The average Bonchev–Trinajstić information content (AvgIpc) is 2.74. The Morgan fingerprint density at radius 1 is 1.00 bits per heavy atom. The first-order chi connectivity index (χ1) is 13.6. The number of phenols is 1. The molecular formula is C23H19NO4. The highest BCUT2D eigenvalue weighted by Crippen LogP contribution is 2.27. The molecule has 0 saturated carbocycles. The number of hydrogen-bond acceptors (Lipinski definition) is 5. The Morgan fingerprint density at radius 2 is 1.82 bits per heavy atom. The molecule has 2 N–H and O–H groups in total. The van der Waals surface area contributed by atoms with Gasteiger partial charge in [0.15, 0.2) is 11.6 Å². The topological polar surface area (TPSA) is 87.0 Å². The summed E-state index contributed by atoms with van der Waals surface area (Å²) in [5.74, 6) is -0.452. The Labute approximate surface area is 162 Å². The van der Waals surface area contributed by atoms with E-state index in [9.17, 15) is 14.7 Å². The number of phenolic OH excluding ortho intramolecular Hbond substituents is 1. The minimum absolute atomic E-state index is 0.0605. The van der Waals surface area contributed by atoms with Gasteiger partial charge in [0.05, 0.1) is 0 Å². The normalized spacial score (nSPS) is 11.5. The maximum Gasteiger partial charge on any atom is 0.184 e. The van der Waals surface area contributed by atoms with Crippen molar-refractivity contribution in [2.24, 2.45) is 4.99 Å². The number of nitrogens with zero attached hydrogens (tertiary/aromatic N) is 1. The van der Waals surface area contributed by atoms with Gasteiger partial charge in [-0.2, -0.15) is 0 Å². The predicted octanol–water partition coefficient (Wildman–Crippen LogP) is 3.42. The Hall–Kier alpha value is -3.57. The fourth-order valence-corrected chi connectivity index (χ4v) is 2.75. The van der Waals surface area contributed by atoms with Crippen LogP contribution in [0.25, 0.3) is 16.8 Å². The Balaban J connectivity index is 1.71. The average molecular weight is 373 g/mol. The quantitative estimate of drug-likeness (QED) is 0.377. The van der Waals surface area contributed by atoms with Crippen LogP contribution in [0.5, 0.6) is 5.75 Å². The number of aliphatic imine (C=N–C) groups is 1. The molecular weight excluding hydrogens is 354 g/mol. The number of benzene rings is 3. The van der Waals surface area contributed by atoms with E-state index < -0.39 is 12.4 Å². The molecule has 0 saturated heterocycles. The molecule has 0 amide bonds. The van der Waals surface area contributed by atoms with Crippen LogP contribution in [0, 0.1) is 0 Å². The van der Waals surface area contributed by atoms with Crippen LogP contribution in [0.3, 0.4) is 0 Å². The first-order valence-electron chi connectivity index (χ1n) is 8.74.